The van der Waals surface area contributed by atoms with Gasteiger partial charge in [0.15, 0.2) is 5.75 Å². The van der Waals surface area contributed by atoms with Gasteiger partial charge in [0.1, 0.15) is 0 Å². The zero-order valence-electron chi connectivity index (χ0n) is 11.6. The summed E-state index contributed by atoms with van der Waals surface area (Å²) in [6.07, 6.45) is 1.41. The van der Waals surface area contributed by atoms with Crippen LogP contribution < -0.4 is 15.4 Å². The van der Waals surface area contributed by atoms with Crippen molar-refractivity contribution in [2.75, 3.05) is 25.5 Å². The summed E-state index contributed by atoms with van der Waals surface area (Å²) in [5, 5.41) is 16.8. The topological polar surface area (TPSA) is 93.5 Å². The first-order valence-electron chi connectivity index (χ1n) is 6.43. The second-order valence-corrected chi connectivity index (χ2v) is 4.75. The van der Waals surface area contributed by atoms with Crippen LogP contribution in [0.5, 0.6) is 5.75 Å². The van der Waals surface area contributed by atoms with Gasteiger partial charge in [-0.15, -0.1) is 12.4 Å². The van der Waals surface area contributed by atoms with Gasteiger partial charge in [0.25, 0.3) is 0 Å². The van der Waals surface area contributed by atoms with E-state index >= 15 is 0 Å². The van der Waals surface area contributed by atoms with Crippen LogP contribution in [-0.4, -0.2) is 31.0 Å². The van der Waals surface area contributed by atoms with Gasteiger partial charge in [0.05, 0.1) is 12.0 Å². The summed E-state index contributed by atoms with van der Waals surface area (Å²) >= 11 is 0. The lowest BCUT2D eigenvalue weighted by molar-refractivity contribution is -0.385. The summed E-state index contributed by atoms with van der Waals surface area (Å²) in [6.45, 7) is 1.78. The molecule has 1 amide bonds. The summed E-state index contributed by atoms with van der Waals surface area (Å²) in [4.78, 5) is 22.2. The third kappa shape index (κ3) is 4.57. The highest BCUT2D eigenvalue weighted by Gasteiger charge is 2.19. The van der Waals surface area contributed by atoms with Crippen LogP contribution >= 0.6 is 12.4 Å². The maximum atomic E-state index is 11.9. The van der Waals surface area contributed by atoms with Gasteiger partial charge in [-0.05, 0) is 37.6 Å². The summed E-state index contributed by atoms with van der Waals surface area (Å²) in [7, 11) is 1.37. The molecule has 116 valence electrons. The molecule has 21 heavy (non-hydrogen) atoms. The van der Waals surface area contributed by atoms with Crippen molar-refractivity contribution < 1.29 is 14.5 Å². The minimum absolute atomic E-state index is 0. The van der Waals surface area contributed by atoms with Crippen molar-refractivity contribution in [3.63, 3.8) is 0 Å². The number of carbonyl (C=O) groups excluding carboxylic acids is 1. The number of anilines is 1. The molecule has 0 aliphatic carbocycles. The fraction of sp³-hybridized carbons (Fsp3) is 0.462. The zero-order valence-corrected chi connectivity index (χ0v) is 12.4. The highest BCUT2D eigenvalue weighted by Crippen LogP contribution is 2.29. The van der Waals surface area contributed by atoms with Gasteiger partial charge in [-0.25, -0.2) is 0 Å². The minimum atomic E-state index is -0.532. The second kappa shape index (κ2) is 7.80. The van der Waals surface area contributed by atoms with Gasteiger partial charge < -0.3 is 15.4 Å². The third-order valence-corrected chi connectivity index (χ3v) is 3.30. The molecule has 1 aromatic carbocycles. The van der Waals surface area contributed by atoms with Crippen molar-refractivity contribution >= 4 is 29.7 Å². The molecule has 1 unspecified atom stereocenters. The molecule has 2 N–H and O–H groups in total. The summed E-state index contributed by atoms with van der Waals surface area (Å²) in [5.74, 6) is 0.384. The first-order chi connectivity index (χ1) is 9.60. The SMILES string of the molecule is COc1ccc(NC(=O)CC2CCNC2)cc1[N+](=O)[O-].Cl. The number of methoxy groups -OCH3 is 1. The Labute approximate surface area is 128 Å². The van der Waals surface area contributed by atoms with Crippen molar-refractivity contribution in [1.82, 2.24) is 5.32 Å². The molecular formula is C13H18ClN3O4. The number of hydrogen-bond donors (Lipinski definition) is 2. The van der Waals surface area contributed by atoms with E-state index in [0.717, 1.165) is 19.5 Å². The molecule has 0 spiro atoms. The molecule has 1 aliphatic heterocycles. The molecule has 2 rings (SSSR count). The standard InChI is InChI=1S/C13H17N3O4.ClH/c1-20-12-3-2-10(7-11(12)16(18)19)15-13(17)6-9-4-5-14-8-9;/h2-3,7,9,14H,4-6,8H2,1H3,(H,15,17);1H. The van der Waals surface area contributed by atoms with E-state index in [9.17, 15) is 14.9 Å². The lowest BCUT2D eigenvalue weighted by Crippen LogP contribution is -2.18. The summed E-state index contributed by atoms with van der Waals surface area (Å²) < 4.78 is 4.91. The predicted molar refractivity (Wildman–Crippen MR) is 81.1 cm³/mol. The molecule has 1 aliphatic rings. The van der Waals surface area contributed by atoms with Crippen molar-refractivity contribution in [2.24, 2.45) is 5.92 Å². The molecule has 8 heteroatoms. The van der Waals surface area contributed by atoms with E-state index in [1.807, 2.05) is 0 Å². The first-order valence-corrected chi connectivity index (χ1v) is 6.43. The van der Waals surface area contributed by atoms with Crippen molar-refractivity contribution in [3.8, 4) is 5.75 Å². The van der Waals surface area contributed by atoms with E-state index in [0.29, 0.717) is 18.0 Å². The number of nitro benzene ring substituents is 1. The van der Waals surface area contributed by atoms with Crippen molar-refractivity contribution in [2.45, 2.75) is 12.8 Å². The molecule has 0 saturated carbocycles. The number of ether oxygens (including phenoxy) is 1. The molecule has 1 fully saturated rings. The number of benzene rings is 1. The van der Waals surface area contributed by atoms with Crippen LogP contribution in [0.2, 0.25) is 0 Å². The smallest absolute Gasteiger partial charge is 0.312 e. The molecule has 0 bridgehead atoms. The largest absolute Gasteiger partial charge is 0.490 e. The number of nitrogens with zero attached hydrogens (tertiary/aromatic N) is 1. The molecule has 0 aromatic heterocycles. The maximum Gasteiger partial charge on any atom is 0.312 e. The van der Waals surface area contributed by atoms with Gasteiger partial charge >= 0.3 is 5.69 Å². The fourth-order valence-electron chi connectivity index (χ4n) is 2.27. The number of halogens is 1. The average molecular weight is 316 g/mol. The lowest BCUT2D eigenvalue weighted by atomic mass is 10.0. The highest BCUT2D eigenvalue weighted by molar-refractivity contribution is 5.91. The molecule has 1 aromatic rings. The van der Waals surface area contributed by atoms with Crippen molar-refractivity contribution in [3.05, 3.63) is 28.3 Å². The van der Waals surface area contributed by atoms with Crippen LogP contribution in [0.1, 0.15) is 12.8 Å². The molecule has 7 nitrogen and oxygen atoms in total. The van der Waals surface area contributed by atoms with Gasteiger partial charge in [-0.3, -0.25) is 14.9 Å². The van der Waals surface area contributed by atoms with E-state index < -0.39 is 4.92 Å². The Bertz CT molecular complexity index is 518. The van der Waals surface area contributed by atoms with Crippen LogP contribution in [0.4, 0.5) is 11.4 Å². The van der Waals surface area contributed by atoms with E-state index in [2.05, 4.69) is 10.6 Å². The van der Waals surface area contributed by atoms with E-state index in [-0.39, 0.29) is 29.8 Å². The van der Waals surface area contributed by atoms with Gasteiger partial charge in [-0.2, -0.15) is 0 Å². The Hall–Kier alpha value is -1.86. The highest BCUT2D eigenvalue weighted by atomic mass is 35.5. The Morgan fingerprint density at radius 2 is 2.33 bits per heavy atom. The molecule has 1 atom stereocenters. The van der Waals surface area contributed by atoms with Crippen LogP contribution in [0, 0.1) is 16.0 Å². The number of nitro groups is 1. The average Bonchev–Trinajstić information content (AvgIpc) is 2.91. The number of rotatable bonds is 5. The third-order valence-electron chi connectivity index (χ3n) is 3.30. The van der Waals surface area contributed by atoms with E-state index in [1.54, 1.807) is 6.07 Å². The van der Waals surface area contributed by atoms with Crippen LogP contribution in [0.15, 0.2) is 18.2 Å². The van der Waals surface area contributed by atoms with Crippen molar-refractivity contribution in [1.29, 1.82) is 0 Å². The quantitative estimate of drug-likeness (QED) is 0.640. The minimum Gasteiger partial charge on any atom is -0.490 e. The number of carbonyl (C=O) groups is 1. The lowest BCUT2D eigenvalue weighted by Gasteiger charge is -2.10. The number of hydrogen-bond acceptors (Lipinski definition) is 5. The molecule has 1 saturated heterocycles. The summed E-state index contributed by atoms with van der Waals surface area (Å²) in [6, 6.07) is 4.38. The molecule has 1 heterocycles. The monoisotopic (exact) mass is 315 g/mol. The Morgan fingerprint density at radius 3 is 2.90 bits per heavy atom. The Morgan fingerprint density at radius 1 is 1.57 bits per heavy atom. The molecular weight excluding hydrogens is 298 g/mol. The van der Waals surface area contributed by atoms with Crippen LogP contribution in [0.25, 0.3) is 0 Å². The van der Waals surface area contributed by atoms with E-state index in [1.165, 1.54) is 19.2 Å². The second-order valence-electron chi connectivity index (χ2n) is 4.75. The van der Waals surface area contributed by atoms with Crippen LogP contribution in [0.3, 0.4) is 0 Å². The zero-order chi connectivity index (χ0) is 14.5. The van der Waals surface area contributed by atoms with Gasteiger partial charge in [0, 0.05) is 18.2 Å². The molecule has 0 radical (unpaired) electrons. The normalized spacial score (nSPS) is 16.9. The Kier molecular flexibility index (Phi) is 6.39. The van der Waals surface area contributed by atoms with E-state index in [4.69, 9.17) is 4.74 Å². The fourth-order valence-corrected chi connectivity index (χ4v) is 2.27. The predicted octanol–water partition coefficient (Wildman–Crippen LogP) is 1.96. The van der Waals surface area contributed by atoms with Gasteiger partial charge in [-0.1, -0.05) is 0 Å². The maximum absolute atomic E-state index is 11.9. The van der Waals surface area contributed by atoms with Gasteiger partial charge in [0.2, 0.25) is 5.91 Å². The Balaban J connectivity index is 0.00000220. The van der Waals surface area contributed by atoms with Crippen LogP contribution in [-0.2, 0) is 4.79 Å². The first kappa shape index (κ1) is 17.2. The summed E-state index contributed by atoms with van der Waals surface area (Å²) in [5.41, 5.74) is 0.251. The number of amides is 1. The number of nitrogens with one attached hydrogen (secondary N) is 2.